The number of hydrogen-bond donors (Lipinski definition) is 1. The van der Waals surface area contributed by atoms with Crippen molar-refractivity contribution in [1.29, 1.82) is 0 Å². The number of likely N-dealkylation sites (tertiary alicyclic amines) is 1. The second-order valence-corrected chi connectivity index (χ2v) is 10.1. The minimum atomic E-state index is -0.539. The van der Waals surface area contributed by atoms with Gasteiger partial charge >= 0.3 is 0 Å². The number of primary amides is 1. The first-order valence-corrected chi connectivity index (χ1v) is 10.7. The van der Waals surface area contributed by atoms with Crippen LogP contribution in [0.5, 0.6) is 0 Å². The highest BCUT2D eigenvalue weighted by Crippen LogP contribution is 2.63. The van der Waals surface area contributed by atoms with Crippen molar-refractivity contribution >= 4 is 39.3 Å². The van der Waals surface area contributed by atoms with Crippen molar-refractivity contribution in [2.45, 2.75) is 49.0 Å². The van der Waals surface area contributed by atoms with Crippen LogP contribution < -0.4 is 5.73 Å². The molecule has 5 fully saturated rings. The Morgan fingerprint density at radius 2 is 1.77 bits per heavy atom. The SMILES string of the molecule is NC(=O)C12CC3CC(CC(C3)C1N1C(=O)C(Br)C1c1ccc(Cl)cc1)C2. The maximum absolute atomic E-state index is 12.9. The van der Waals surface area contributed by atoms with Gasteiger partial charge in [0.2, 0.25) is 11.8 Å². The number of β-lactam (4-membered cyclic amide) rings is 1. The number of carbonyl (C=O) groups excluding carboxylic acids is 2. The maximum atomic E-state index is 12.9. The molecule has 4 nitrogen and oxygen atoms in total. The van der Waals surface area contributed by atoms with E-state index in [1.807, 2.05) is 29.2 Å². The van der Waals surface area contributed by atoms with E-state index >= 15 is 0 Å². The Balaban J connectivity index is 1.55. The number of rotatable bonds is 3. The number of benzene rings is 1. The van der Waals surface area contributed by atoms with Crippen LogP contribution in [0.15, 0.2) is 24.3 Å². The zero-order chi connectivity index (χ0) is 18.2. The van der Waals surface area contributed by atoms with Gasteiger partial charge in [0.25, 0.3) is 0 Å². The van der Waals surface area contributed by atoms with Crippen LogP contribution in [-0.4, -0.2) is 27.6 Å². The van der Waals surface area contributed by atoms with Crippen LogP contribution in [0.25, 0.3) is 0 Å². The molecule has 4 aliphatic carbocycles. The number of alkyl halides is 1. The fourth-order valence-electron chi connectivity index (χ4n) is 6.63. The molecule has 1 aromatic rings. The van der Waals surface area contributed by atoms with Gasteiger partial charge in [-0.1, -0.05) is 39.7 Å². The molecule has 5 aliphatic rings. The highest BCUT2D eigenvalue weighted by molar-refractivity contribution is 9.10. The molecule has 5 atom stereocenters. The minimum absolute atomic E-state index is 0.0569. The predicted molar refractivity (Wildman–Crippen MR) is 103 cm³/mol. The molecule has 4 bridgehead atoms. The Hall–Kier alpha value is -1.07. The minimum Gasteiger partial charge on any atom is -0.369 e. The van der Waals surface area contributed by atoms with E-state index in [1.165, 1.54) is 6.42 Å². The number of nitrogens with two attached hydrogens (primary N) is 1. The zero-order valence-electron chi connectivity index (χ0n) is 14.4. The topological polar surface area (TPSA) is 63.4 Å². The molecular formula is C20H22BrClN2O2. The molecule has 2 amide bonds. The first kappa shape index (κ1) is 17.1. The first-order valence-electron chi connectivity index (χ1n) is 9.42. The molecule has 138 valence electrons. The fraction of sp³-hybridized carbons (Fsp3) is 0.600. The summed E-state index contributed by atoms with van der Waals surface area (Å²) in [5, 5.41) is 0.681. The number of carbonyl (C=O) groups is 2. The summed E-state index contributed by atoms with van der Waals surface area (Å²) in [5.74, 6) is 1.47. The van der Waals surface area contributed by atoms with Gasteiger partial charge in [-0.05, 0) is 67.6 Å². The Kier molecular flexibility index (Phi) is 3.75. The summed E-state index contributed by atoms with van der Waals surface area (Å²) in [6.45, 7) is 0. The summed E-state index contributed by atoms with van der Waals surface area (Å²) in [7, 11) is 0. The first-order chi connectivity index (χ1) is 12.4. The summed E-state index contributed by atoms with van der Waals surface area (Å²) >= 11 is 9.61. The van der Waals surface area contributed by atoms with Gasteiger partial charge in [-0.2, -0.15) is 0 Å². The highest BCUT2D eigenvalue weighted by Gasteiger charge is 2.66. The lowest BCUT2D eigenvalue weighted by Crippen LogP contribution is -2.72. The van der Waals surface area contributed by atoms with Crippen LogP contribution in [-0.2, 0) is 9.59 Å². The number of halogens is 2. The molecule has 6 rings (SSSR count). The third kappa shape index (κ3) is 2.19. The van der Waals surface area contributed by atoms with Crippen molar-refractivity contribution in [3.8, 4) is 0 Å². The molecule has 4 saturated carbocycles. The highest BCUT2D eigenvalue weighted by atomic mass is 79.9. The third-order valence-electron chi connectivity index (χ3n) is 7.33. The van der Waals surface area contributed by atoms with E-state index in [-0.39, 0.29) is 28.7 Å². The lowest BCUT2D eigenvalue weighted by atomic mass is 9.46. The maximum Gasteiger partial charge on any atom is 0.239 e. The van der Waals surface area contributed by atoms with Crippen molar-refractivity contribution in [3.63, 3.8) is 0 Å². The summed E-state index contributed by atoms with van der Waals surface area (Å²) in [6.07, 6.45) is 5.18. The average molecular weight is 438 g/mol. The Morgan fingerprint density at radius 3 is 2.35 bits per heavy atom. The van der Waals surface area contributed by atoms with Crippen molar-refractivity contribution in [2.75, 3.05) is 0 Å². The number of nitrogens with zero attached hydrogens (tertiary/aromatic N) is 1. The quantitative estimate of drug-likeness (QED) is 0.579. The normalized spacial score (nSPS) is 43.5. The lowest BCUT2D eigenvalue weighted by molar-refractivity contribution is -0.184. The fourth-order valence-corrected chi connectivity index (χ4v) is 7.55. The van der Waals surface area contributed by atoms with Crippen molar-refractivity contribution in [3.05, 3.63) is 34.9 Å². The molecule has 0 radical (unpaired) electrons. The van der Waals surface area contributed by atoms with Gasteiger partial charge in [0, 0.05) is 11.1 Å². The van der Waals surface area contributed by atoms with E-state index in [0.29, 0.717) is 22.8 Å². The third-order valence-corrected chi connectivity index (χ3v) is 8.47. The van der Waals surface area contributed by atoms with Crippen LogP contribution in [0.4, 0.5) is 0 Å². The van der Waals surface area contributed by atoms with E-state index in [2.05, 4.69) is 15.9 Å². The lowest BCUT2D eigenvalue weighted by Gasteiger charge is -2.65. The monoisotopic (exact) mass is 436 g/mol. The molecule has 26 heavy (non-hydrogen) atoms. The zero-order valence-corrected chi connectivity index (χ0v) is 16.7. The molecule has 5 unspecified atom stereocenters. The Labute approximate surface area is 166 Å². The van der Waals surface area contributed by atoms with E-state index in [4.69, 9.17) is 17.3 Å². The van der Waals surface area contributed by atoms with E-state index in [0.717, 1.165) is 31.2 Å². The van der Waals surface area contributed by atoms with Crippen molar-refractivity contribution in [1.82, 2.24) is 4.90 Å². The summed E-state index contributed by atoms with van der Waals surface area (Å²) < 4.78 is 0. The van der Waals surface area contributed by atoms with Gasteiger partial charge in [-0.15, -0.1) is 0 Å². The molecule has 2 N–H and O–H groups in total. The van der Waals surface area contributed by atoms with Gasteiger partial charge < -0.3 is 10.6 Å². The summed E-state index contributed by atoms with van der Waals surface area (Å²) in [5.41, 5.74) is 6.50. The van der Waals surface area contributed by atoms with Crippen LogP contribution in [0.2, 0.25) is 5.02 Å². The predicted octanol–water partition coefficient (Wildman–Crippen LogP) is 3.67. The van der Waals surface area contributed by atoms with Gasteiger partial charge in [0.05, 0.1) is 11.5 Å². The molecule has 1 aliphatic heterocycles. The summed E-state index contributed by atoms with van der Waals surface area (Å²) in [4.78, 5) is 27.3. The number of hydrogen-bond acceptors (Lipinski definition) is 2. The standard InChI is InChI=1S/C20H22BrClN2O2/c21-15-16(12-1-3-14(22)4-2-12)24(18(15)25)17-13-6-10-5-11(7-13)9-20(17,8-10)19(23)26/h1-4,10-11,13,15-17H,5-9H2,(H2,23,26). The molecule has 1 heterocycles. The van der Waals surface area contributed by atoms with Gasteiger partial charge in [-0.25, -0.2) is 0 Å². The van der Waals surface area contributed by atoms with E-state index in [9.17, 15) is 9.59 Å². The van der Waals surface area contributed by atoms with Gasteiger partial charge in [0.15, 0.2) is 0 Å². The second kappa shape index (κ2) is 5.71. The second-order valence-electron chi connectivity index (χ2n) is 8.72. The smallest absolute Gasteiger partial charge is 0.239 e. The van der Waals surface area contributed by atoms with E-state index in [1.54, 1.807) is 0 Å². The van der Waals surface area contributed by atoms with Crippen LogP contribution >= 0.6 is 27.5 Å². The van der Waals surface area contributed by atoms with Crippen LogP contribution in [0.3, 0.4) is 0 Å². The summed E-state index contributed by atoms with van der Waals surface area (Å²) in [6, 6.07) is 7.56. The molecule has 1 saturated heterocycles. The van der Waals surface area contributed by atoms with Gasteiger partial charge in [0.1, 0.15) is 4.83 Å². The average Bonchev–Trinajstić information content (AvgIpc) is 2.60. The Morgan fingerprint density at radius 1 is 1.15 bits per heavy atom. The van der Waals surface area contributed by atoms with Gasteiger partial charge in [-0.3, -0.25) is 9.59 Å². The molecular weight excluding hydrogens is 416 g/mol. The van der Waals surface area contributed by atoms with Crippen molar-refractivity contribution in [2.24, 2.45) is 28.9 Å². The van der Waals surface area contributed by atoms with E-state index < -0.39 is 5.41 Å². The van der Waals surface area contributed by atoms with Crippen molar-refractivity contribution < 1.29 is 9.59 Å². The van der Waals surface area contributed by atoms with Crippen LogP contribution in [0, 0.1) is 23.2 Å². The molecule has 0 aromatic heterocycles. The molecule has 0 spiro atoms. The molecule has 1 aromatic carbocycles. The molecule has 6 heteroatoms. The number of amides is 2. The largest absolute Gasteiger partial charge is 0.369 e. The Bertz CT molecular complexity index is 769. The van der Waals surface area contributed by atoms with Crippen LogP contribution in [0.1, 0.15) is 43.7 Å².